The van der Waals surface area contributed by atoms with E-state index < -0.39 is 0 Å². The van der Waals surface area contributed by atoms with Crippen molar-refractivity contribution in [3.05, 3.63) is 146 Å². The molecule has 0 bridgehead atoms. The number of nitrogens with zero attached hydrogens (tertiary/aromatic N) is 4. The van der Waals surface area contributed by atoms with Gasteiger partial charge in [0.1, 0.15) is 11.2 Å². The van der Waals surface area contributed by atoms with Crippen LogP contribution in [0.25, 0.3) is 82.4 Å². The smallest absolute Gasteiger partial charge is 0.138 e. The molecule has 0 amide bonds. The van der Waals surface area contributed by atoms with E-state index in [4.69, 9.17) is 4.98 Å². The molecule has 4 nitrogen and oxygen atoms in total. The average molecular weight is 549 g/mol. The molecule has 4 heterocycles. The largest absolute Gasteiger partial charge is 0.306 e. The summed E-state index contributed by atoms with van der Waals surface area (Å²) < 4.78 is 7.14. The molecular formula is C39H24N4. The molecule has 4 heteroatoms. The summed E-state index contributed by atoms with van der Waals surface area (Å²) in [5, 5.41) is 7.33. The van der Waals surface area contributed by atoms with E-state index in [2.05, 4.69) is 159 Å². The zero-order chi connectivity index (χ0) is 28.1. The molecule has 0 spiro atoms. The van der Waals surface area contributed by atoms with E-state index in [-0.39, 0.29) is 0 Å². The first-order chi connectivity index (χ1) is 21.4. The lowest BCUT2D eigenvalue weighted by Gasteiger charge is -2.18. The van der Waals surface area contributed by atoms with Gasteiger partial charge in [0.25, 0.3) is 0 Å². The summed E-state index contributed by atoms with van der Waals surface area (Å²) in [4.78, 5) is 5.39. The van der Waals surface area contributed by atoms with Gasteiger partial charge in [-0.05, 0) is 36.4 Å². The van der Waals surface area contributed by atoms with E-state index in [0.717, 1.165) is 28.1 Å². The molecule has 0 saturated heterocycles. The van der Waals surface area contributed by atoms with Crippen molar-refractivity contribution in [2.75, 3.05) is 0 Å². The fraction of sp³-hybridized carbons (Fsp3) is 0. The molecule has 0 saturated carbocycles. The first-order valence-electron chi connectivity index (χ1n) is 14.7. The molecule has 0 aliphatic carbocycles. The fourth-order valence-electron chi connectivity index (χ4n) is 7.32. The summed E-state index contributed by atoms with van der Waals surface area (Å²) >= 11 is 0. The van der Waals surface area contributed by atoms with Gasteiger partial charge in [0, 0.05) is 38.5 Å². The van der Waals surface area contributed by atoms with Crippen LogP contribution in [0.15, 0.2) is 146 Å². The van der Waals surface area contributed by atoms with Gasteiger partial charge in [0.15, 0.2) is 0 Å². The molecular weight excluding hydrogens is 524 g/mol. The van der Waals surface area contributed by atoms with Crippen molar-refractivity contribution < 1.29 is 0 Å². The van der Waals surface area contributed by atoms with Crippen molar-refractivity contribution in [3.8, 4) is 11.4 Å². The van der Waals surface area contributed by atoms with Crippen LogP contribution in [0.4, 0.5) is 0 Å². The second kappa shape index (κ2) is 8.34. The Hall–Kier alpha value is -5.87. The number of aromatic nitrogens is 4. The summed E-state index contributed by atoms with van der Waals surface area (Å²) in [6.07, 6.45) is 2.15. The number of imidazole rings is 1. The zero-order valence-corrected chi connectivity index (χ0v) is 23.1. The molecule has 0 atom stereocenters. The van der Waals surface area contributed by atoms with E-state index in [1.807, 2.05) is 0 Å². The second-order valence-electron chi connectivity index (χ2n) is 11.2. The van der Waals surface area contributed by atoms with Crippen molar-refractivity contribution in [2.45, 2.75) is 0 Å². The fourth-order valence-corrected chi connectivity index (χ4v) is 7.32. The van der Waals surface area contributed by atoms with Crippen molar-refractivity contribution in [3.63, 3.8) is 0 Å². The minimum Gasteiger partial charge on any atom is -0.306 e. The maximum atomic E-state index is 5.39. The molecule has 0 aliphatic heterocycles. The van der Waals surface area contributed by atoms with Crippen LogP contribution in [0.3, 0.4) is 0 Å². The van der Waals surface area contributed by atoms with Crippen LogP contribution in [-0.2, 0) is 0 Å². The Labute approximate surface area is 246 Å². The normalized spacial score (nSPS) is 12.2. The van der Waals surface area contributed by atoms with Crippen molar-refractivity contribution in [2.24, 2.45) is 0 Å². The van der Waals surface area contributed by atoms with Gasteiger partial charge in [-0.15, -0.1) is 0 Å². The Bertz CT molecular complexity index is 2630. The third kappa shape index (κ3) is 2.92. The van der Waals surface area contributed by atoms with Crippen molar-refractivity contribution >= 4 is 71.1 Å². The highest BCUT2D eigenvalue weighted by molar-refractivity contribution is 6.19. The Kier molecular flexibility index (Phi) is 4.42. The van der Waals surface area contributed by atoms with Crippen LogP contribution in [0, 0.1) is 0 Å². The lowest BCUT2D eigenvalue weighted by molar-refractivity contribution is 1.16. The highest BCUT2D eigenvalue weighted by atomic mass is 15.1. The minimum atomic E-state index is 0.928. The minimum absolute atomic E-state index is 0.928. The van der Waals surface area contributed by atoms with Gasteiger partial charge < -0.3 is 9.13 Å². The summed E-state index contributed by atoms with van der Waals surface area (Å²) in [5.74, 6) is 0. The number of hydrogen-bond acceptors (Lipinski definition) is 1. The van der Waals surface area contributed by atoms with E-state index in [9.17, 15) is 0 Å². The highest BCUT2D eigenvalue weighted by Crippen LogP contribution is 2.44. The van der Waals surface area contributed by atoms with Gasteiger partial charge in [-0.2, -0.15) is 0 Å². The van der Waals surface area contributed by atoms with Gasteiger partial charge >= 0.3 is 0 Å². The van der Waals surface area contributed by atoms with E-state index in [1.165, 1.54) is 54.4 Å². The van der Waals surface area contributed by atoms with Gasteiger partial charge in [-0.1, -0.05) is 103 Å². The van der Waals surface area contributed by atoms with E-state index in [1.54, 1.807) is 0 Å². The quantitative estimate of drug-likeness (QED) is 0.211. The van der Waals surface area contributed by atoms with Crippen LogP contribution >= 0.6 is 0 Å². The molecule has 10 aromatic rings. The Morgan fingerprint density at radius 2 is 0.767 bits per heavy atom. The zero-order valence-electron chi connectivity index (χ0n) is 23.1. The van der Waals surface area contributed by atoms with Gasteiger partial charge in [0.05, 0.1) is 39.0 Å². The molecule has 200 valence electrons. The number of rotatable bonds is 2. The predicted molar refractivity (Wildman–Crippen MR) is 179 cm³/mol. The van der Waals surface area contributed by atoms with Crippen molar-refractivity contribution in [1.82, 2.24) is 18.5 Å². The third-order valence-corrected chi connectivity index (χ3v) is 9.02. The maximum Gasteiger partial charge on any atom is 0.138 e. The van der Waals surface area contributed by atoms with Crippen LogP contribution < -0.4 is 0 Å². The molecule has 6 aromatic carbocycles. The monoisotopic (exact) mass is 548 g/mol. The molecule has 0 unspecified atom stereocenters. The first kappa shape index (κ1) is 22.8. The second-order valence-corrected chi connectivity index (χ2v) is 11.2. The van der Waals surface area contributed by atoms with Crippen LogP contribution in [0.5, 0.6) is 0 Å². The maximum absolute atomic E-state index is 5.39. The molecule has 10 rings (SSSR count). The predicted octanol–water partition coefficient (Wildman–Crippen LogP) is 9.83. The number of benzene rings is 6. The summed E-state index contributed by atoms with van der Waals surface area (Å²) in [5.41, 5.74) is 9.98. The lowest BCUT2D eigenvalue weighted by Crippen LogP contribution is -2.03. The summed E-state index contributed by atoms with van der Waals surface area (Å²) in [7, 11) is 0. The third-order valence-electron chi connectivity index (χ3n) is 9.02. The SMILES string of the molecule is c1ccc2c(-n3c4ccccc4c4ccccc43)c3c(nc4ccccn43)c(-n3c4ccccc4c4ccccc43)c2c1. The Balaban J connectivity index is 1.51. The highest BCUT2D eigenvalue weighted by Gasteiger charge is 2.25. The molecule has 0 radical (unpaired) electrons. The average Bonchev–Trinajstić information content (AvgIpc) is 3.72. The van der Waals surface area contributed by atoms with Crippen LogP contribution in [0.2, 0.25) is 0 Å². The Morgan fingerprint density at radius 1 is 0.372 bits per heavy atom. The summed E-state index contributed by atoms with van der Waals surface area (Å²) in [6, 6.07) is 50.0. The molecule has 43 heavy (non-hydrogen) atoms. The van der Waals surface area contributed by atoms with Crippen LogP contribution in [0.1, 0.15) is 0 Å². The van der Waals surface area contributed by atoms with Crippen molar-refractivity contribution in [1.29, 1.82) is 0 Å². The molecule has 0 aliphatic rings. The van der Waals surface area contributed by atoms with Gasteiger partial charge in [-0.3, -0.25) is 4.40 Å². The van der Waals surface area contributed by atoms with Crippen LogP contribution in [-0.4, -0.2) is 18.5 Å². The van der Waals surface area contributed by atoms with Gasteiger partial charge in [-0.25, -0.2) is 4.98 Å². The standard InChI is InChI=1S/C39H24N4/c1-2-18-30-29(17-1)37(42-31-19-7-3-13-25(31)26-14-4-8-20-32(26)42)36-39(41-24-12-11-23-35(41)40-36)38(30)43-33-21-9-5-15-27(33)28-16-6-10-22-34(28)43/h1-24H. The first-order valence-corrected chi connectivity index (χ1v) is 14.7. The number of para-hydroxylation sites is 4. The molecule has 0 fully saturated rings. The lowest BCUT2D eigenvalue weighted by atomic mass is 10.0. The Morgan fingerprint density at radius 3 is 1.28 bits per heavy atom. The summed E-state index contributed by atoms with van der Waals surface area (Å²) in [6.45, 7) is 0. The number of fused-ring (bicyclic) bond motifs is 10. The topological polar surface area (TPSA) is 27.2 Å². The van der Waals surface area contributed by atoms with E-state index >= 15 is 0 Å². The number of hydrogen-bond donors (Lipinski definition) is 0. The molecule has 0 N–H and O–H groups in total. The van der Waals surface area contributed by atoms with E-state index in [0.29, 0.717) is 0 Å². The molecule has 4 aromatic heterocycles. The van der Waals surface area contributed by atoms with Gasteiger partial charge in [0.2, 0.25) is 0 Å². The number of pyridine rings is 1.